The highest BCUT2D eigenvalue weighted by Gasteiger charge is 2.28. The zero-order valence-electron chi connectivity index (χ0n) is 14.6. The minimum atomic E-state index is 0.585. The average Bonchev–Trinajstić information content (AvgIpc) is 3.01. The number of nitrogens with zero attached hydrogens (tertiary/aromatic N) is 7. The van der Waals surface area contributed by atoms with Gasteiger partial charge in [0.25, 0.3) is 0 Å². The second-order valence-electron chi connectivity index (χ2n) is 6.86. The maximum absolute atomic E-state index is 4.63. The predicted octanol–water partition coefficient (Wildman–Crippen LogP) is 1.56. The molecule has 5 rings (SSSR count). The summed E-state index contributed by atoms with van der Waals surface area (Å²) in [4.78, 5) is 2.28. The van der Waals surface area contributed by atoms with Crippen molar-refractivity contribution in [1.29, 1.82) is 0 Å². The van der Waals surface area contributed by atoms with Gasteiger partial charge < -0.3 is 10.2 Å². The van der Waals surface area contributed by atoms with E-state index >= 15 is 0 Å². The smallest absolute Gasteiger partial charge is 0.178 e. The van der Waals surface area contributed by atoms with E-state index in [0.29, 0.717) is 5.92 Å². The molecule has 0 bridgehead atoms. The van der Waals surface area contributed by atoms with E-state index in [2.05, 4.69) is 41.8 Å². The molecule has 134 valence electrons. The molecule has 0 unspecified atom stereocenters. The van der Waals surface area contributed by atoms with Gasteiger partial charge in [-0.2, -0.15) is 21.4 Å². The Hall–Kier alpha value is -2.42. The lowest BCUT2D eigenvalue weighted by Gasteiger charge is -2.40. The average molecular weight is 368 g/mol. The zero-order chi connectivity index (χ0) is 17.5. The third-order valence-electron chi connectivity index (χ3n) is 4.96. The molecule has 1 saturated heterocycles. The van der Waals surface area contributed by atoms with Gasteiger partial charge in [-0.05, 0) is 36.4 Å². The van der Waals surface area contributed by atoms with Gasteiger partial charge in [0.2, 0.25) is 0 Å². The number of hydrogen-bond acceptors (Lipinski definition) is 8. The molecule has 3 aromatic heterocycles. The molecule has 0 atom stereocenters. The van der Waals surface area contributed by atoms with E-state index in [1.54, 1.807) is 4.52 Å². The second-order valence-corrected chi connectivity index (χ2v) is 7.97. The van der Waals surface area contributed by atoms with Gasteiger partial charge >= 0.3 is 0 Å². The van der Waals surface area contributed by atoms with Gasteiger partial charge in [-0.25, -0.2) is 0 Å². The predicted molar refractivity (Wildman–Crippen MR) is 102 cm³/mol. The van der Waals surface area contributed by atoms with E-state index in [4.69, 9.17) is 0 Å². The van der Waals surface area contributed by atoms with Gasteiger partial charge in [0.05, 0.1) is 5.69 Å². The van der Waals surface area contributed by atoms with Crippen LogP contribution in [-0.2, 0) is 12.2 Å². The van der Waals surface area contributed by atoms with Crippen molar-refractivity contribution in [2.24, 2.45) is 5.92 Å². The van der Waals surface area contributed by atoms with Gasteiger partial charge in [0, 0.05) is 37.7 Å². The molecule has 0 saturated carbocycles. The van der Waals surface area contributed by atoms with E-state index < -0.39 is 0 Å². The lowest BCUT2D eigenvalue weighted by molar-refractivity contribution is 0.424. The first-order valence-corrected chi connectivity index (χ1v) is 10.0. The van der Waals surface area contributed by atoms with Gasteiger partial charge in [-0.1, -0.05) is 0 Å². The summed E-state index contributed by atoms with van der Waals surface area (Å²) in [6.45, 7) is 4.80. The number of nitrogens with one attached hydrogen (secondary N) is 1. The third kappa shape index (κ3) is 2.86. The van der Waals surface area contributed by atoms with Gasteiger partial charge in [-0.3, -0.25) is 0 Å². The highest BCUT2D eigenvalue weighted by atomic mass is 32.2. The SMILES string of the molecule is Cc1nnc2ccc(N3CC(CNc4cc5c(nn4)CCSC5)C3)nn12. The Kier molecular flexibility index (Phi) is 3.88. The van der Waals surface area contributed by atoms with E-state index in [9.17, 15) is 0 Å². The Morgan fingerprint density at radius 3 is 3.04 bits per heavy atom. The van der Waals surface area contributed by atoms with Crippen LogP contribution in [0, 0.1) is 12.8 Å². The first-order chi connectivity index (χ1) is 12.8. The number of thioether (sulfide) groups is 1. The van der Waals surface area contributed by atoms with Crippen LogP contribution in [0.5, 0.6) is 0 Å². The lowest BCUT2D eigenvalue weighted by atomic mass is 10.0. The van der Waals surface area contributed by atoms with Crippen molar-refractivity contribution in [3.8, 4) is 0 Å². The zero-order valence-corrected chi connectivity index (χ0v) is 15.4. The maximum atomic E-state index is 4.63. The summed E-state index contributed by atoms with van der Waals surface area (Å²) in [5, 5.41) is 24.9. The number of aromatic nitrogens is 6. The number of anilines is 2. The molecular formula is C17H20N8S. The third-order valence-corrected chi connectivity index (χ3v) is 5.97. The van der Waals surface area contributed by atoms with Gasteiger partial charge in [0.1, 0.15) is 11.6 Å². The fraction of sp³-hybridized carbons (Fsp3) is 0.471. The molecule has 2 aliphatic rings. The van der Waals surface area contributed by atoms with Crippen molar-refractivity contribution in [3.05, 3.63) is 35.3 Å². The van der Waals surface area contributed by atoms with Crippen molar-refractivity contribution >= 4 is 29.0 Å². The summed E-state index contributed by atoms with van der Waals surface area (Å²) in [5.41, 5.74) is 3.28. The molecule has 8 nitrogen and oxygen atoms in total. The van der Waals surface area contributed by atoms with E-state index in [0.717, 1.165) is 66.4 Å². The Balaban J connectivity index is 1.18. The summed E-state index contributed by atoms with van der Waals surface area (Å²) in [6, 6.07) is 6.14. The van der Waals surface area contributed by atoms with E-state index in [-0.39, 0.29) is 0 Å². The number of hydrogen-bond donors (Lipinski definition) is 1. The van der Waals surface area contributed by atoms with Crippen LogP contribution in [0.15, 0.2) is 18.2 Å². The van der Waals surface area contributed by atoms with Gasteiger partial charge in [0.15, 0.2) is 11.5 Å². The molecule has 0 radical (unpaired) electrons. The van der Waals surface area contributed by atoms with Crippen molar-refractivity contribution in [2.75, 3.05) is 35.6 Å². The highest BCUT2D eigenvalue weighted by Crippen LogP contribution is 2.25. The van der Waals surface area contributed by atoms with Gasteiger partial charge in [-0.15, -0.1) is 20.4 Å². The Morgan fingerprint density at radius 1 is 1.19 bits per heavy atom. The quantitative estimate of drug-likeness (QED) is 0.743. The highest BCUT2D eigenvalue weighted by molar-refractivity contribution is 7.98. The minimum absolute atomic E-state index is 0.585. The van der Waals surface area contributed by atoms with Crippen molar-refractivity contribution in [1.82, 2.24) is 30.0 Å². The van der Waals surface area contributed by atoms with E-state index in [1.165, 1.54) is 5.56 Å². The molecule has 0 aromatic carbocycles. The first-order valence-electron chi connectivity index (χ1n) is 8.87. The number of aryl methyl sites for hydroxylation is 2. The van der Waals surface area contributed by atoms with Crippen LogP contribution in [0.2, 0.25) is 0 Å². The fourth-order valence-electron chi connectivity index (χ4n) is 3.42. The van der Waals surface area contributed by atoms with Crippen LogP contribution in [0.3, 0.4) is 0 Å². The van der Waals surface area contributed by atoms with Crippen molar-refractivity contribution in [3.63, 3.8) is 0 Å². The molecule has 1 fully saturated rings. The van der Waals surface area contributed by atoms with Crippen LogP contribution >= 0.6 is 11.8 Å². The van der Waals surface area contributed by atoms with Crippen LogP contribution in [0.25, 0.3) is 5.65 Å². The number of fused-ring (bicyclic) bond motifs is 2. The molecule has 5 heterocycles. The Bertz CT molecular complexity index is 949. The topological polar surface area (TPSA) is 84.1 Å². The van der Waals surface area contributed by atoms with Crippen molar-refractivity contribution < 1.29 is 0 Å². The lowest BCUT2D eigenvalue weighted by Crippen LogP contribution is -2.50. The van der Waals surface area contributed by atoms with Crippen LogP contribution in [-0.4, -0.2) is 55.4 Å². The molecule has 0 spiro atoms. The molecule has 3 aromatic rings. The molecule has 2 aliphatic heterocycles. The summed E-state index contributed by atoms with van der Waals surface area (Å²) in [5.74, 6) is 5.46. The number of rotatable bonds is 4. The fourth-order valence-corrected chi connectivity index (χ4v) is 4.37. The molecule has 9 heteroatoms. The van der Waals surface area contributed by atoms with Crippen LogP contribution in [0.1, 0.15) is 17.1 Å². The van der Waals surface area contributed by atoms with E-state index in [1.807, 2.05) is 30.8 Å². The first kappa shape index (κ1) is 15.8. The summed E-state index contributed by atoms with van der Waals surface area (Å²) >= 11 is 1.97. The minimum Gasteiger partial charge on any atom is -0.368 e. The Labute approximate surface area is 155 Å². The molecule has 26 heavy (non-hydrogen) atoms. The van der Waals surface area contributed by atoms with Crippen molar-refractivity contribution in [2.45, 2.75) is 19.1 Å². The molecular weight excluding hydrogens is 348 g/mol. The monoisotopic (exact) mass is 368 g/mol. The summed E-state index contributed by atoms with van der Waals surface area (Å²) in [7, 11) is 0. The maximum Gasteiger partial charge on any atom is 0.178 e. The summed E-state index contributed by atoms with van der Waals surface area (Å²) in [6.07, 6.45) is 1.04. The largest absolute Gasteiger partial charge is 0.368 e. The van der Waals surface area contributed by atoms with Crippen LogP contribution in [0.4, 0.5) is 11.6 Å². The molecule has 0 aliphatic carbocycles. The summed E-state index contributed by atoms with van der Waals surface area (Å²) < 4.78 is 1.79. The Morgan fingerprint density at radius 2 is 2.12 bits per heavy atom. The standard InChI is InChI=1S/C17H20N8S/c1-11-19-22-16-2-3-17(23-25(11)16)24-8-12(9-24)7-18-15-6-13-10-26-5-4-14(13)20-21-15/h2-3,6,12H,4-5,7-10H2,1H3,(H,18,21). The normalized spacial score (nSPS) is 17.2. The van der Waals surface area contributed by atoms with Crippen LogP contribution < -0.4 is 10.2 Å². The second kappa shape index (κ2) is 6.39. The molecule has 1 N–H and O–H groups in total. The molecule has 0 amide bonds.